The first-order valence-electron chi connectivity index (χ1n) is 8.86. The number of hydrogen-bond acceptors (Lipinski definition) is 4. The van der Waals surface area contributed by atoms with E-state index in [0.717, 1.165) is 56.8 Å². The van der Waals surface area contributed by atoms with Crippen molar-refractivity contribution in [2.24, 2.45) is 16.3 Å². The SMILES string of the molecule is CN=C(NCC1(C2CC2)CC1)N1CCN(Cc2ccon2)CC1. The zero-order valence-electron chi connectivity index (χ0n) is 14.0. The van der Waals surface area contributed by atoms with E-state index in [4.69, 9.17) is 4.52 Å². The van der Waals surface area contributed by atoms with Gasteiger partial charge in [0.05, 0.1) is 5.69 Å². The Morgan fingerprint density at radius 2 is 2.13 bits per heavy atom. The van der Waals surface area contributed by atoms with E-state index in [1.165, 1.54) is 25.7 Å². The molecule has 1 saturated heterocycles. The smallest absolute Gasteiger partial charge is 0.193 e. The second-order valence-corrected chi connectivity index (χ2v) is 7.29. The average Bonchev–Trinajstić information content (AvgIpc) is 3.49. The highest BCUT2D eigenvalue weighted by Gasteiger charge is 2.53. The van der Waals surface area contributed by atoms with Crippen LogP contribution in [-0.2, 0) is 6.54 Å². The van der Waals surface area contributed by atoms with E-state index in [1.54, 1.807) is 6.26 Å². The van der Waals surface area contributed by atoms with Crippen molar-refractivity contribution in [2.45, 2.75) is 32.2 Å². The molecule has 3 aliphatic rings. The summed E-state index contributed by atoms with van der Waals surface area (Å²) in [7, 11) is 1.90. The molecule has 0 atom stereocenters. The normalized spacial score (nSPS) is 24.7. The predicted octanol–water partition coefficient (Wildman–Crippen LogP) is 1.56. The first-order valence-corrected chi connectivity index (χ1v) is 8.86. The molecule has 23 heavy (non-hydrogen) atoms. The lowest BCUT2D eigenvalue weighted by Crippen LogP contribution is -2.53. The summed E-state index contributed by atoms with van der Waals surface area (Å²) in [5, 5.41) is 7.65. The van der Waals surface area contributed by atoms with Crippen LogP contribution in [0.4, 0.5) is 0 Å². The van der Waals surface area contributed by atoms with E-state index in [9.17, 15) is 0 Å². The first kappa shape index (κ1) is 15.0. The molecule has 2 saturated carbocycles. The van der Waals surface area contributed by atoms with Gasteiger partial charge in [0.15, 0.2) is 5.96 Å². The van der Waals surface area contributed by atoms with Gasteiger partial charge in [-0.1, -0.05) is 5.16 Å². The molecule has 1 aromatic rings. The van der Waals surface area contributed by atoms with Crippen molar-refractivity contribution < 1.29 is 4.52 Å². The first-order chi connectivity index (χ1) is 11.3. The van der Waals surface area contributed by atoms with E-state index in [2.05, 4.69) is 25.3 Å². The zero-order chi connectivity index (χ0) is 15.7. The van der Waals surface area contributed by atoms with Crippen molar-refractivity contribution in [1.29, 1.82) is 0 Å². The van der Waals surface area contributed by atoms with Gasteiger partial charge >= 0.3 is 0 Å². The number of nitrogens with one attached hydrogen (secondary N) is 1. The molecule has 3 fully saturated rings. The zero-order valence-corrected chi connectivity index (χ0v) is 14.0. The van der Waals surface area contributed by atoms with Crippen LogP contribution < -0.4 is 5.32 Å². The molecule has 126 valence electrons. The Hall–Kier alpha value is -1.56. The minimum absolute atomic E-state index is 0.616. The Balaban J connectivity index is 1.25. The second-order valence-electron chi connectivity index (χ2n) is 7.29. The van der Waals surface area contributed by atoms with Gasteiger partial charge in [0, 0.05) is 52.4 Å². The summed E-state index contributed by atoms with van der Waals surface area (Å²) in [5.74, 6) is 2.07. The molecule has 0 unspecified atom stereocenters. The Morgan fingerprint density at radius 3 is 2.70 bits per heavy atom. The summed E-state index contributed by atoms with van der Waals surface area (Å²) < 4.78 is 4.91. The van der Waals surface area contributed by atoms with Gasteiger partial charge in [0.1, 0.15) is 6.26 Å². The van der Waals surface area contributed by atoms with Crippen molar-refractivity contribution in [2.75, 3.05) is 39.8 Å². The molecule has 0 amide bonds. The van der Waals surface area contributed by atoms with Gasteiger partial charge in [-0.3, -0.25) is 9.89 Å². The Labute approximate surface area is 137 Å². The molecule has 4 rings (SSSR count). The van der Waals surface area contributed by atoms with Crippen LogP contribution in [0.15, 0.2) is 21.8 Å². The van der Waals surface area contributed by atoms with E-state index in [-0.39, 0.29) is 0 Å². The maximum atomic E-state index is 4.91. The Morgan fingerprint density at radius 1 is 1.35 bits per heavy atom. The predicted molar refractivity (Wildman–Crippen MR) is 89.1 cm³/mol. The molecular weight excluding hydrogens is 290 g/mol. The molecule has 0 radical (unpaired) electrons. The van der Waals surface area contributed by atoms with Crippen LogP contribution in [0.25, 0.3) is 0 Å². The van der Waals surface area contributed by atoms with Crippen LogP contribution in [0.2, 0.25) is 0 Å². The van der Waals surface area contributed by atoms with Gasteiger partial charge in [-0.2, -0.15) is 0 Å². The fraction of sp³-hybridized carbons (Fsp3) is 0.765. The molecule has 1 aliphatic heterocycles. The van der Waals surface area contributed by atoms with E-state index in [1.807, 2.05) is 13.1 Å². The largest absolute Gasteiger partial charge is 0.364 e. The highest BCUT2D eigenvalue weighted by Crippen LogP contribution is 2.60. The third-order valence-electron chi connectivity index (χ3n) is 5.69. The lowest BCUT2D eigenvalue weighted by molar-refractivity contribution is 0.168. The maximum absolute atomic E-state index is 4.91. The van der Waals surface area contributed by atoms with Crippen molar-refractivity contribution in [3.63, 3.8) is 0 Å². The van der Waals surface area contributed by atoms with Crippen LogP contribution in [0.1, 0.15) is 31.4 Å². The molecule has 1 aromatic heterocycles. The van der Waals surface area contributed by atoms with Gasteiger partial charge in [0.2, 0.25) is 0 Å². The number of aliphatic imine (C=N–C) groups is 1. The van der Waals surface area contributed by atoms with Gasteiger partial charge in [-0.15, -0.1) is 0 Å². The minimum Gasteiger partial charge on any atom is -0.364 e. The number of guanidine groups is 1. The highest BCUT2D eigenvalue weighted by molar-refractivity contribution is 5.80. The molecular formula is C17H27N5O. The fourth-order valence-electron chi connectivity index (χ4n) is 3.84. The van der Waals surface area contributed by atoms with Crippen LogP contribution in [0, 0.1) is 11.3 Å². The fourth-order valence-corrected chi connectivity index (χ4v) is 3.84. The molecule has 0 aromatic carbocycles. The summed E-state index contributed by atoms with van der Waals surface area (Å²) in [6.07, 6.45) is 7.35. The summed E-state index contributed by atoms with van der Waals surface area (Å²) in [4.78, 5) is 9.32. The van der Waals surface area contributed by atoms with Crippen LogP contribution in [0.3, 0.4) is 0 Å². The topological polar surface area (TPSA) is 56.9 Å². The second kappa shape index (κ2) is 6.15. The van der Waals surface area contributed by atoms with Crippen LogP contribution >= 0.6 is 0 Å². The summed E-state index contributed by atoms with van der Waals surface area (Å²) in [6, 6.07) is 1.94. The highest BCUT2D eigenvalue weighted by atomic mass is 16.5. The van der Waals surface area contributed by atoms with Crippen LogP contribution in [-0.4, -0.2) is 60.7 Å². The number of rotatable bonds is 5. The van der Waals surface area contributed by atoms with Gasteiger partial charge in [-0.25, -0.2) is 0 Å². The van der Waals surface area contributed by atoms with Gasteiger partial charge in [0.25, 0.3) is 0 Å². The van der Waals surface area contributed by atoms with Crippen molar-refractivity contribution in [3.8, 4) is 0 Å². The number of hydrogen-bond donors (Lipinski definition) is 1. The third-order valence-corrected chi connectivity index (χ3v) is 5.69. The molecule has 0 spiro atoms. The van der Waals surface area contributed by atoms with Gasteiger partial charge in [-0.05, 0) is 37.0 Å². The lowest BCUT2D eigenvalue weighted by Gasteiger charge is -2.36. The monoisotopic (exact) mass is 317 g/mol. The van der Waals surface area contributed by atoms with Crippen molar-refractivity contribution in [1.82, 2.24) is 20.3 Å². The number of piperazine rings is 1. The summed E-state index contributed by atoms with van der Waals surface area (Å²) in [5.41, 5.74) is 1.63. The minimum atomic E-state index is 0.616. The quantitative estimate of drug-likeness (QED) is 0.660. The van der Waals surface area contributed by atoms with Crippen molar-refractivity contribution >= 4 is 5.96 Å². The van der Waals surface area contributed by atoms with E-state index >= 15 is 0 Å². The molecule has 0 bridgehead atoms. The Bertz CT molecular complexity index is 539. The van der Waals surface area contributed by atoms with E-state index in [0.29, 0.717) is 5.41 Å². The molecule has 2 heterocycles. The van der Waals surface area contributed by atoms with Crippen molar-refractivity contribution in [3.05, 3.63) is 18.0 Å². The van der Waals surface area contributed by atoms with Gasteiger partial charge < -0.3 is 14.7 Å². The summed E-state index contributed by atoms with van der Waals surface area (Å²) >= 11 is 0. The Kier molecular flexibility index (Phi) is 4.01. The number of nitrogens with zero attached hydrogens (tertiary/aromatic N) is 4. The third kappa shape index (κ3) is 3.37. The maximum Gasteiger partial charge on any atom is 0.193 e. The number of aromatic nitrogens is 1. The standard InChI is InChI=1S/C17H27N5O/c1-18-16(19-13-17(5-6-17)14-2-3-14)22-9-7-21(8-10-22)12-15-4-11-23-20-15/h4,11,14H,2-3,5-10,12-13H2,1H3,(H,18,19). The summed E-state index contributed by atoms with van der Waals surface area (Å²) in [6.45, 7) is 6.12. The van der Waals surface area contributed by atoms with Crippen LogP contribution in [0.5, 0.6) is 0 Å². The molecule has 1 N–H and O–H groups in total. The average molecular weight is 317 g/mol. The molecule has 2 aliphatic carbocycles. The lowest BCUT2D eigenvalue weighted by atomic mass is 10.0. The molecule has 6 nitrogen and oxygen atoms in total. The molecule has 6 heteroatoms. The van der Waals surface area contributed by atoms with E-state index < -0.39 is 0 Å².